The summed E-state index contributed by atoms with van der Waals surface area (Å²) in [5.74, 6) is -3.41. The van der Waals surface area contributed by atoms with E-state index in [0.29, 0.717) is 0 Å². The number of nitrogens with one attached hydrogen (secondary N) is 2. The van der Waals surface area contributed by atoms with Gasteiger partial charge in [-0.3, -0.25) is 19.8 Å². The van der Waals surface area contributed by atoms with E-state index in [-0.39, 0.29) is 17.9 Å². The minimum absolute atomic E-state index is 0.0193. The number of urea groups is 1. The summed E-state index contributed by atoms with van der Waals surface area (Å²) in [4.78, 5) is 36.6. The van der Waals surface area contributed by atoms with Crippen molar-refractivity contribution in [1.29, 1.82) is 0 Å². The SMILES string of the molecule is C=CCN1C(=O)NC(=O)[C@@H](C(=C)Nc2ccccc2F)C1=O. The number of hydrogen-bond acceptors (Lipinski definition) is 4. The second kappa shape index (κ2) is 6.21. The lowest BCUT2D eigenvalue weighted by Gasteiger charge is -2.30. The van der Waals surface area contributed by atoms with Crippen molar-refractivity contribution in [3.63, 3.8) is 0 Å². The first-order valence-electron chi connectivity index (χ1n) is 6.43. The first-order chi connectivity index (χ1) is 10.5. The summed E-state index contributed by atoms with van der Waals surface area (Å²) in [6.45, 7) is 7.02. The van der Waals surface area contributed by atoms with Crippen LogP contribution in [0, 0.1) is 11.7 Å². The number of carbonyl (C=O) groups excluding carboxylic acids is 3. The number of hydrogen-bond donors (Lipinski definition) is 2. The molecule has 4 amide bonds. The fourth-order valence-corrected chi connectivity index (χ4v) is 2.03. The minimum Gasteiger partial charge on any atom is -0.356 e. The molecular formula is C15H14FN3O3. The molecule has 1 aliphatic heterocycles. The van der Waals surface area contributed by atoms with E-state index in [1.807, 2.05) is 0 Å². The maximum atomic E-state index is 13.6. The van der Waals surface area contributed by atoms with Crippen LogP contribution in [0.5, 0.6) is 0 Å². The van der Waals surface area contributed by atoms with Gasteiger partial charge in [-0.05, 0) is 12.1 Å². The fraction of sp³-hybridized carbons (Fsp3) is 0.133. The van der Waals surface area contributed by atoms with E-state index in [1.165, 1.54) is 24.3 Å². The van der Waals surface area contributed by atoms with Gasteiger partial charge in [-0.1, -0.05) is 24.8 Å². The Morgan fingerprint density at radius 2 is 2.05 bits per heavy atom. The number of carbonyl (C=O) groups is 3. The molecule has 6 nitrogen and oxygen atoms in total. The maximum Gasteiger partial charge on any atom is 0.331 e. The lowest BCUT2D eigenvalue weighted by Crippen LogP contribution is -2.58. The van der Waals surface area contributed by atoms with Gasteiger partial charge in [-0.15, -0.1) is 6.58 Å². The highest BCUT2D eigenvalue weighted by Crippen LogP contribution is 2.22. The quantitative estimate of drug-likeness (QED) is 0.640. The molecule has 2 N–H and O–H groups in total. The van der Waals surface area contributed by atoms with Crippen molar-refractivity contribution in [2.75, 3.05) is 11.9 Å². The van der Waals surface area contributed by atoms with Crippen molar-refractivity contribution < 1.29 is 18.8 Å². The van der Waals surface area contributed by atoms with Crippen molar-refractivity contribution >= 4 is 23.5 Å². The lowest BCUT2D eigenvalue weighted by molar-refractivity contribution is -0.140. The number of rotatable bonds is 5. The minimum atomic E-state index is -1.32. The van der Waals surface area contributed by atoms with Gasteiger partial charge < -0.3 is 5.32 Å². The van der Waals surface area contributed by atoms with Gasteiger partial charge in [-0.2, -0.15) is 0 Å². The molecule has 0 spiro atoms. The first kappa shape index (κ1) is 15.4. The molecule has 1 atom stereocenters. The van der Waals surface area contributed by atoms with Gasteiger partial charge in [-0.25, -0.2) is 9.18 Å². The van der Waals surface area contributed by atoms with Crippen LogP contribution in [-0.4, -0.2) is 29.3 Å². The zero-order chi connectivity index (χ0) is 16.3. The van der Waals surface area contributed by atoms with Gasteiger partial charge in [0, 0.05) is 12.2 Å². The van der Waals surface area contributed by atoms with E-state index in [1.54, 1.807) is 6.07 Å². The first-order valence-corrected chi connectivity index (χ1v) is 6.43. The highest BCUT2D eigenvalue weighted by Gasteiger charge is 2.41. The van der Waals surface area contributed by atoms with Crippen molar-refractivity contribution in [2.45, 2.75) is 0 Å². The van der Waals surface area contributed by atoms with E-state index in [4.69, 9.17) is 0 Å². The van der Waals surface area contributed by atoms with E-state index in [0.717, 1.165) is 4.90 Å². The number of barbiturate groups is 1. The Kier molecular flexibility index (Phi) is 4.36. The Balaban J connectivity index is 2.22. The van der Waals surface area contributed by atoms with E-state index in [9.17, 15) is 18.8 Å². The van der Waals surface area contributed by atoms with Crippen LogP contribution < -0.4 is 10.6 Å². The Hall–Kier alpha value is -2.96. The van der Waals surface area contributed by atoms with E-state index in [2.05, 4.69) is 23.8 Å². The molecule has 0 aromatic heterocycles. The molecule has 0 bridgehead atoms. The largest absolute Gasteiger partial charge is 0.356 e. The number of anilines is 1. The number of halogens is 1. The monoisotopic (exact) mass is 303 g/mol. The molecule has 7 heteroatoms. The number of amides is 4. The molecule has 1 aromatic rings. The number of imide groups is 2. The molecule has 0 radical (unpaired) electrons. The van der Waals surface area contributed by atoms with Gasteiger partial charge >= 0.3 is 6.03 Å². The fourth-order valence-electron chi connectivity index (χ4n) is 2.03. The van der Waals surface area contributed by atoms with Crippen molar-refractivity contribution in [1.82, 2.24) is 10.2 Å². The van der Waals surface area contributed by atoms with Gasteiger partial charge in [0.25, 0.3) is 0 Å². The molecule has 22 heavy (non-hydrogen) atoms. The summed E-state index contributed by atoms with van der Waals surface area (Å²) in [6, 6.07) is 4.95. The highest BCUT2D eigenvalue weighted by molar-refractivity contribution is 6.18. The third kappa shape index (κ3) is 2.88. The number of benzene rings is 1. The van der Waals surface area contributed by atoms with Crippen molar-refractivity contribution in [3.05, 3.63) is 55.0 Å². The third-order valence-electron chi connectivity index (χ3n) is 3.08. The summed E-state index contributed by atoms with van der Waals surface area (Å²) in [5.41, 5.74) is 0.0643. The molecular weight excluding hydrogens is 289 g/mol. The van der Waals surface area contributed by atoms with Crippen LogP contribution in [0.4, 0.5) is 14.9 Å². The second-order valence-corrected chi connectivity index (χ2v) is 4.60. The lowest BCUT2D eigenvalue weighted by atomic mass is 10.0. The third-order valence-corrected chi connectivity index (χ3v) is 3.08. The maximum absolute atomic E-state index is 13.6. The normalized spacial score (nSPS) is 18.0. The van der Waals surface area contributed by atoms with E-state index >= 15 is 0 Å². The molecule has 1 aliphatic rings. The second-order valence-electron chi connectivity index (χ2n) is 4.60. The molecule has 0 aliphatic carbocycles. The molecule has 0 saturated carbocycles. The molecule has 0 unspecified atom stereocenters. The molecule has 2 rings (SSSR count). The Bertz CT molecular complexity index is 672. The number of nitrogens with zero attached hydrogens (tertiary/aromatic N) is 1. The average molecular weight is 303 g/mol. The van der Waals surface area contributed by atoms with Crippen molar-refractivity contribution in [3.8, 4) is 0 Å². The Labute approximate surface area is 126 Å². The van der Waals surface area contributed by atoms with Gasteiger partial charge in [0.05, 0.1) is 5.69 Å². The average Bonchev–Trinajstić information content (AvgIpc) is 2.45. The summed E-state index contributed by atoms with van der Waals surface area (Å²) >= 11 is 0. The molecule has 114 valence electrons. The zero-order valence-corrected chi connectivity index (χ0v) is 11.6. The summed E-state index contributed by atoms with van der Waals surface area (Å²) in [7, 11) is 0. The summed E-state index contributed by atoms with van der Waals surface area (Å²) in [5, 5.41) is 4.66. The van der Waals surface area contributed by atoms with Gasteiger partial charge in [0.2, 0.25) is 11.8 Å². The van der Waals surface area contributed by atoms with E-state index < -0.39 is 29.6 Å². The summed E-state index contributed by atoms with van der Waals surface area (Å²) < 4.78 is 13.6. The highest BCUT2D eigenvalue weighted by atomic mass is 19.1. The van der Waals surface area contributed by atoms with Crippen LogP contribution in [0.3, 0.4) is 0 Å². The van der Waals surface area contributed by atoms with Gasteiger partial charge in [0.15, 0.2) is 5.92 Å². The van der Waals surface area contributed by atoms with Crippen LogP contribution >= 0.6 is 0 Å². The molecule has 1 aromatic carbocycles. The van der Waals surface area contributed by atoms with Crippen molar-refractivity contribution in [2.24, 2.45) is 5.92 Å². The van der Waals surface area contributed by atoms with Crippen LogP contribution in [0.25, 0.3) is 0 Å². The molecule has 1 heterocycles. The molecule has 1 fully saturated rings. The predicted octanol–water partition coefficient (Wildman–Crippen LogP) is 1.63. The van der Waals surface area contributed by atoms with Crippen LogP contribution in [0.2, 0.25) is 0 Å². The summed E-state index contributed by atoms with van der Waals surface area (Å²) in [6.07, 6.45) is 1.36. The smallest absolute Gasteiger partial charge is 0.331 e. The van der Waals surface area contributed by atoms with Crippen LogP contribution in [-0.2, 0) is 9.59 Å². The van der Waals surface area contributed by atoms with Crippen LogP contribution in [0.15, 0.2) is 49.2 Å². The topological polar surface area (TPSA) is 78.5 Å². The predicted molar refractivity (Wildman–Crippen MR) is 78.1 cm³/mol. The molecule has 1 saturated heterocycles. The number of para-hydroxylation sites is 1. The van der Waals surface area contributed by atoms with Gasteiger partial charge in [0.1, 0.15) is 5.82 Å². The zero-order valence-electron chi connectivity index (χ0n) is 11.6. The Morgan fingerprint density at radius 3 is 2.68 bits per heavy atom. The van der Waals surface area contributed by atoms with Crippen LogP contribution in [0.1, 0.15) is 0 Å². The standard InChI is InChI=1S/C15H14FN3O3/c1-3-8-19-14(21)12(13(20)18-15(19)22)9(2)17-11-7-5-4-6-10(11)16/h3-7,12,17H,1-2,8H2,(H,18,20,22)/t12-/m1/s1. The Morgan fingerprint density at radius 1 is 1.36 bits per heavy atom.